The number of ether oxygens (including phenoxy) is 2. The largest absolute Gasteiger partial charge is 0.487 e. The van der Waals surface area contributed by atoms with Crippen LogP contribution in [0.5, 0.6) is 11.5 Å². The van der Waals surface area contributed by atoms with Crippen LogP contribution in [0, 0.1) is 0 Å². The first-order valence-corrected chi connectivity index (χ1v) is 8.83. The Morgan fingerprint density at radius 1 is 1.27 bits per heavy atom. The number of benzene rings is 1. The van der Waals surface area contributed by atoms with Gasteiger partial charge in [0.2, 0.25) is 0 Å². The van der Waals surface area contributed by atoms with Gasteiger partial charge in [-0.15, -0.1) is 0 Å². The molecule has 4 rings (SSSR count). The van der Waals surface area contributed by atoms with Gasteiger partial charge in [-0.25, -0.2) is 5.10 Å². The van der Waals surface area contributed by atoms with Gasteiger partial charge in [-0.05, 0) is 53.4 Å². The summed E-state index contributed by atoms with van der Waals surface area (Å²) < 4.78 is 36.3. The van der Waals surface area contributed by atoms with Gasteiger partial charge >= 0.3 is 6.61 Å². The fraction of sp³-hybridized carbons (Fsp3) is 0.294. The van der Waals surface area contributed by atoms with E-state index in [0.717, 1.165) is 19.3 Å². The number of hydrogen-bond acceptors (Lipinski definition) is 4. The molecule has 1 fully saturated rings. The number of nitrogens with zero attached hydrogens (tertiary/aromatic N) is 1. The lowest BCUT2D eigenvalue weighted by atomic mass is 9.96. The summed E-state index contributed by atoms with van der Waals surface area (Å²) >= 11 is 3.43. The van der Waals surface area contributed by atoms with E-state index in [2.05, 4.69) is 35.8 Å². The molecule has 0 aliphatic heterocycles. The molecule has 3 aromatic rings. The van der Waals surface area contributed by atoms with Crippen molar-refractivity contribution >= 4 is 26.8 Å². The highest BCUT2D eigenvalue weighted by Crippen LogP contribution is 2.39. The molecule has 0 bridgehead atoms. The summed E-state index contributed by atoms with van der Waals surface area (Å²) in [5.74, 6) is 0.243. The molecule has 136 valence electrons. The highest BCUT2D eigenvalue weighted by Gasteiger charge is 2.23. The van der Waals surface area contributed by atoms with Crippen molar-refractivity contribution in [1.29, 1.82) is 0 Å². The first-order chi connectivity index (χ1) is 12.5. The molecule has 0 saturated heterocycles. The van der Waals surface area contributed by atoms with Gasteiger partial charge in [-0.1, -0.05) is 0 Å². The first kappa shape index (κ1) is 17.0. The van der Waals surface area contributed by atoms with Crippen LogP contribution in [0.4, 0.5) is 8.78 Å². The SMILES string of the molecule is O=c1[nH]ncc2[nH]c(-c3ccc(OC(F)F)c(OC4CCC4)c3)c(Br)c12. The van der Waals surface area contributed by atoms with Crippen molar-refractivity contribution in [2.45, 2.75) is 32.0 Å². The van der Waals surface area contributed by atoms with Crippen molar-refractivity contribution in [2.24, 2.45) is 0 Å². The Balaban J connectivity index is 1.79. The summed E-state index contributed by atoms with van der Waals surface area (Å²) in [7, 11) is 0. The van der Waals surface area contributed by atoms with E-state index in [0.29, 0.717) is 26.6 Å². The summed E-state index contributed by atoms with van der Waals surface area (Å²) in [6.07, 6.45) is 4.33. The molecule has 1 aliphatic rings. The van der Waals surface area contributed by atoms with Crippen molar-refractivity contribution in [3.63, 3.8) is 0 Å². The van der Waals surface area contributed by atoms with Crippen LogP contribution in [0.1, 0.15) is 19.3 Å². The molecule has 1 saturated carbocycles. The Labute approximate surface area is 154 Å². The van der Waals surface area contributed by atoms with Gasteiger partial charge in [0, 0.05) is 5.56 Å². The van der Waals surface area contributed by atoms with E-state index >= 15 is 0 Å². The third-order valence-electron chi connectivity index (χ3n) is 4.35. The van der Waals surface area contributed by atoms with E-state index in [1.165, 1.54) is 12.3 Å². The van der Waals surface area contributed by atoms with Crippen molar-refractivity contribution in [2.75, 3.05) is 0 Å². The molecule has 0 atom stereocenters. The van der Waals surface area contributed by atoms with Gasteiger partial charge in [0.1, 0.15) is 0 Å². The molecule has 0 spiro atoms. The van der Waals surface area contributed by atoms with E-state index in [1.54, 1.807) is 12.1 Å². The predicted octanol–water partition coefficient (Wildman–Crippen LogP) is 4.21. The van der Waals surface area contributed by atoms with E-state index in [9.17, 15) is 13.6 Å². The molecule has 2 N–H and O–H groups in total. The number of aromatic nitrogens is 3. The maximum absolute atomic E-state index is 12.7. The predicted molar refractivity (Wildman–Crippen MR) is 94.7 cm³/mol. The second kappa shape index (κ2) is 6.71. The molecule has 2 aromatic heterocycles. The van der Waals surface area contributed by atoms with Gasteiger partial charge in [-0.3, -0.25) is 4.79 Å². The Morgan fingerprint density at radius 2 is 2.08 bits per heavy atom. The van der Waals surface area contributed by atoms with E-state index in [1.807, 2.05) is 0 Å². The summed E-state index contributed by atoms with van der Waals surface area (Å²) in [4.78, 5) is 15.1. The second-order valence-corrected chi connectivity index (χ2v) is 6.81. The lowest BCUT2D eigenvalue weighted by molar-refractivity contribution is -0.0526. The fourth-order valence-corrected chi connectivity index (χ4v) is 3.56. The molecule has 1 aliphatic carbocycles. The van der Waals surface area contributed by atoms with Crippen molar-refractivity contribution in [1.82, 2.24) is 15.2 Å². The van der Waals surface area contributed by atoms with Gasteiger partial charge < -0.3 is 14.5 Å². The normalized spacial score (nSPS) is 14.6. The quantitative estimate of drug-likeness (QED) is 0.641. The van der Waals surface area contributed by atoms with Crippen LogP contribution in [-0.2, 0) is 0 Å². The monoisotopic (exact) mass is 425 g/mol. The average molecular weight is 426 g/mol. The van der Waals surface area contributed by atoms with E-state index in [4.69, 9.17) is 4.74 Å². The number of fused-ring (bicyclic) bond motifs is 1. The van der Waals surface area contributed by atoms with Crippen LogP contribution in [0.2, 0.25) is 0 Å². The fourth-order valence-electron chi connectivity index (χ4n) is 2.84. The summed E-state index contributed by atoms with van der Waals surface area (Å²) in [5, 5.41) is 6.58. The number of aromatic amines is 2. The molecular weight excluding hydrogens is 412 g/mol. The number of H-pyrrole nitrogens is 2. The maximum atomic E-state index is 12.7. The van der Waals surface area contributed by atoms with Crippen LogP contribution >= 0.6 is 15.9 Å². The molecule has 0 radical (unpaired) electrons. The van der Waals surface area contributed by atoms with E-state index in [-0.39, 0.29) is 23.2 Å². The number of nitrogens with one attached hydrogen (secondary N) is 2. The summed E-state index contributed by atoms with van der Waals surface area (Å²) in [5.41, 5.74) is 1.52. The Hall–Kier alpha value is -2.42. The number of alkyl halides is 2. The van der Waals surface area contributed by atoms with Gasteiger partial charge in [-0.2, -0.15) is 13.9 Å². The lowest BCUT2D eigenvalue weighted by Crippen LogP contribution is -2.25. The van der Waals surface area contributed by atoms with Gasteiger partial charge in [0.05, 0.1) is 33.4 Å². The topological polar surface area (TPSA) is 80.0 Å². The van der Waals surface area contributed by atoms with Crippen LogP contribution in [0.25, 0.3) is 22.2 Å². The molecule has 1 aromatic carbocycles. The van der Waals surface area contributed by atoms with Crippen molar-refractivity contribution < 1.29 is 18.3 Å². The second-order valence-electron chi connectivity index (χ2n) is 6.01. The van der Waals surface area contributed by atoms with Gasteiger partial charge in [0.25, 0.3) is 5.56 Å². The van der Waals surface area contributed by atoms with Gasteiger partial charge in [0.15, 0.2) is 11.5 Å². The zero-order chi connectivity index (χ0) is 18.3. The molecular formula is C17H14BrF2N3O3. The van der Waals surface area contributed by atoms with Crippen molar-refractivity contribution in [3.05, 3.63) is 39.2 Å². The number of rotatable bonds is 5. The third kappa shape index (κ3) is 3.07. The Morgan fingerprint density at radius 3 is 2.73 bits per heavy atom. The average Bonchev–Trinajstić information content (AvgIpc) is 2.90. The standard InChI is InChI=1S/C17H14BrF2N3O3/c18-14-13-10(7-21-23-16(13)24)22-15(14)8-4-5-11(26-17(19)20)12(6-8)25-9-2-1-3-9/h4-7,9,17,22H,1-3H2,(H,23,24). The molecule has 2 heterocycles. The van der Waals surface area contributed by atoms with Crippen LogP contribution in [0.3, 0.4) is 0 Å². The smallest absolute Gasteiger partial charge is 0.387 e. The van der Waals surface area contributed by atoms with Crippen LogP contribution in [-0.4, -0.2) is 27.9 Å². The highest BCUT2D eigenvalue weighted by atomic mass is 79.9. The lowest BCUT2D eigenvalue weighted by Gasteiger charge is -2.27. The summed E-state index contributed by atoms with van der Waals surface area (Å²) in [6, 6.07) is 4.70. The molecule has 26 heavy (non-hydrogen) atoms. The Bertz CT molecular complexity index is 1010. The van der Waals surface area contributed by atoms with E-state index < -0.39 is 6.61 Å². The minimum atomic E-state index is -2.94. The molecule has 0 unspecified atom stereocenters. The van der Waals surface area contributed by atoms with Crippen molar-refractivity contribution in [3.8, 4) is 22.8 Å². The van der Waals surface area contributed by atoms with Crippen LogP contribution < -0.4 is 15.0 Å². The zero-order valence-electron chi connectivity index (χ0n) is 13.4. The van der Waals surface area contributed by atoms with Crippen LogP contribution in [0.15, 0.2) is 33.7 Å². The number of halogens is 3. The molecule has 9 heteroatoms. The maximum Gasteiger partial charge on any atom is 0.387 e. The minimum absolute atomic E-state index is 0.00321. The third-order valence-corrected chi connectivity index (χ3v) is 5.14. The first-order valence-electron chi connectivity index (χ1n) is 8.03. The molecule has 6 nitrogen and oxygen atoms in total. The minimum Gasteiger partial charge on any atom is -0.487 e. The number of hydrogen-bond donors (Lipinski definition) is 2. The highest BCUT2D eigenvalue weighted by molar-refractivity contribution is 9.10. The molecule has 0 amide bonds. The summed E-state index contributed by atoms with van der Waals surface area (Å²) in [6.45, 7) is -2.94. The zero-order valence-corrected chi connectivity index (χ0v) is 15.0. The Kier molecular flexibility index (Phi) is 4.39.